The molecule has 31 heavy (non-hydrogen) atoms. The minimum absolute atomic E-state index is 0.255. The molecule has 2 aromatic carbocycles. The number of benzene rings is 2. The van der Waals surface area contributed by atoms with Gasteiger partial charge in [-0.05, 0) is 61.9 Å². The quantitative estimate of drug-likeness (QED) is 0.336. The summed E-state index contributed by atoms with van der Waals surface area (Å²) >= 11 is 7.21. The van der Waals surface area contributed by atoms with E-state index >= 15 is 0 Å². The van der Waals surface area contributed by atoms with Crippen LogP contribution in [0, 0.1) is 0 Å². The second-order valence-electron chi connectivity index (χ2n) is 6.74. The molecule has 1 heterocycles. The van der Waals surface area contributed by atoms with Crippen molar-refractivity contribution in [3.05, 3.63) is 75.7 Å². The Morgan fingerprint density at radius 3 is 2.55 bits per heavy atom. The van der Waals surface area contributed by atoms with E-state index in [1.807, 2.05) is 43.3 Å². The normalized spacial score (nSPS) is 14.9. The topological polar surface area (TPSA) is 55.8 Å². The molecule has 1 saturated heterocycles. The Morgan fingerprint density at radius 2 is 1.90 bits per heavy atom. The molecule has 0 aliphatic carbocycles. The highest BCUT2D eigenvalue weighted by molar-refractivity contribution is 8.18. The van der Waals surface area contributed by atoms with Gasteiger partial charge in [-0.25, -0.2) is 0 Å². The molecule has 2 amide bonds. The molecular formula is C24H24ClNO4S. The van der Waals surface area contributed by atoms with E-state index in [0.717, 1.165) is 28.5 Å². The van der Waals surface area contributed by atoms with Crippen molar-refractivity contribution in [2.45, 2.75) is 26.9 Å². The van der Waals surface area contributed by atoms with E-state index in [9.17, 15) is 9.59 Å². The minimum atomic E-state index is -0.278. The molecule has 162 valence electrons. The minimum Gasteiger partial charge on any atom is -0.490 e. The maximum Gasteiger partial charge on any atom is 0.293 e. The number of halogens is 1. The number of carbonyl (C=O) groups excluding carboxylic acids is 2. The van der Waals surface area contributed by atoms with Crippen LogP contribution in [0.1, 0.15) is 30.5 Å². The fourth-order valence-corrected chi connectivity index (χ4v) is 4.28. The van der Waals surface area contributed by atoms with Gasteiger partial charge in [0.25, 0.3) is 11.1 Å². The molecule has 1 aliphatic rings. The molecule has 5 nitrogen and oxygen atoms in total. The molecule has 0 aromatic heterocycles. The first-order valence-electron chi connectivity index (χ1n) is 10.0. The largest absolute Gasteiger partial charge is 0.490 e. The van der Waals surface area contributed by atoms with Gasteiger partial charge in [0, 0.05) is 22.7 Å². The Morgan fingerprint density at radius 1 is 1.13 bits per heavy atom. The van der Waals surface area contributed by atoms with Crippen LogP contribution < -0.4 is 9.47 Å². The van der Waals surface area contributed by atoms with Gasteiger partial charge in [-0.1, -0.05) is 35.9 Å². The highest BCUT2D eigenvalue weighted by Gasteiger charge is 2.33. The number of allylic oxidation sites excluding steroid dienone is 1. The number of amides is 2. The molecule has 1 aliphatic heterocycles. The maximum absolute atomic E-state index is 12.5. The van der Waals surface area contributed by atoms with E-state index in [4.69, 9.17) is 21.1 Å². The van der Waals surface area contributed by atoms with Crippen LogP contribution in [-0.4, -0.2) is 29.2 Å². The number of nitrogens with zero attached hydrogens (tertiary/aromatic N) is 1. The van der Waals surface area contributed by atoms with Gasteiger partial charge in [0.2, 0.25) is 0 Å². The lowest BCUT2D eigenvalue weighted by atomic mass is 10.0. The summed E-state index contributed by atoms with van der Waals surface area (Å²) in [6.45, 7) is 8.60. The van der Waals surface area contributed by atoms with Crippen molar-refractivity contribution in [2.24, 2.45) is 0 Å². The number of hydrogen-bond acceptors (Lipinski definition) is 5. The summed E-state index contributed by atoms with van der Waals surface area (Å²) in [6, 6.07) is 11.2. The second kappa shape index (κ2) is 10.6. The number of thioether (sulfide) groups is 1. The van der Waals surface area contributed by atoms with Gasteiger partial charge in [0.05, 0.1) is 11.5 Å². The number of likely N-dealkylation sites (N-methyl/N-ethyl adjacent to an activating group) is 1. The van der Waals surface area contributed by atoms with Crippen LogP contribution in [0.2, 0.25) is 5.02 Å². The van der Waals surface area contributed by atoms with E-state index in [2.05, 4.69) is 6.58 Å². The van der Waals surface area contributed by atoms with E-state index in [1.165, 1.54) is 4.90 Å². The molecule has 0 spiro atoms. The molecule has 3 rings (SSSR count). The number of ether oxygens (including phenoxy) is 2. The smallest absolute Gasteiger partial charge is 0.293 e. The lowest BCUT2D eigenvalue weighted by molar-refractivity contribution is -0.122. The maximum atomic E-state index is 12.5. The predicted molar refractivity (Wildman–Crippen MR) is 126 cm³/mol. The summed E-state index contributed by atoms with van der Waals surface area (Å²) in [5.74, 6) is 0.898. The van der Waals surface area contributed by atoms with Gasteiger partial charge in [-0.15, -0.1) is 6.58 Å². The summed E-state index contributed by atoms with van der Waals surface area (Å²) in [5, 5.41) is 0.379. The number of carbonyl (C=O) groups is 2. The van der Waals surface area contributed by atoms with Crippen LogP contribution >= 0.6 is 23.4 Å². The Kier molecular flexibility index (Phi) is 7.82. The highest BCUT2D eigenvalue weighted by Crippen LogP contribution is 2.38. The van der Waals surface area contributed by atoms with Crippen molar-refractivity contribution in [3.8, 4) is 11.5 Å². The van der Waals surface area contributed by atoms with Crippen LogP contribution in [-0.2, 0) is 17.8 Å². The average Bonchev–Trinajstić information content (AvgIpc) is 3.01. The van der Waals surface area contributed by atoms with Crippen molar-refractivity contribution in [2.75, 3.05) is 13.2 Å². The first kappa shape index (κ1) is 23.0. The van der Waals surface area contributed by atoms with Crippen molar-refractivity contribution in [1.29, 1.82) is 0 Å². The average molecular weight is 458 g/mol. The van der Waals surface area contributed by atoms with E-state index < -0.39 is 0 Å². The van der Waals surface area contributed by atoms with Gasteiger partial charge < -0.3 is 9.47 Å². The zero-order chi connectivity index (χ0) is 22.4. The molecule has 0 atom stereocenters. The number of rotatable bonds is 9. The molecule has 0 unspecified atom stereocenters. The van der Waals surface area contributed by atoms with Crippen molar-refractivity contribution in [1.82, 2.24) is 4.90 Å². The van der Waals surface area contributed by atoms with Crippen LogP contribution in [0.5, 0.6) is 11.5 Å². The van der Waals surface area contributed by atoms with Gasteiger partial charge in [-0.2, -0.15) is 0 Å². The first-order valence-corrected chi connectivity index (χ1v) is 11.2. The van der Waals surface area contributed by atoms with Crippen molar-refractivity contribution in [3.63, 3.8) is 0 Å². The third-order valence-electron chi connectivity index (χ3n) is 4.64. The summed E-state index contributed by atoms with van der Waals surface area (Å²) < 4.78 is 12.0. The third-order valence-corrected chi connectivity index (χ3v) is 5.91. The third kappa shape index (κ3) is 5.32. The number of imide groups is 1. The molecule has 1 fully saturated rings. The molecule has 0 bridgehead atoms. The summed E-state index contributed by atoms with van der Waals surface area (Å²) in [4.78, 5) is 26.1. The zero-order valence-electron chi connectivity index (χ0n) is 17.5. The highest BCUT2D eigenvalue weighted by atomic mass is 35.5. The Balaban J connectivity index is 1.97. The fourth-order valence-electron chi connectivity index (χ4n) is 3.19. The van der Waals surface area contributed by atoms with Crippen LogP contribution in [0.4, 0.5) is 4.79 Å². The number of hydrogen-bond donors (Lipinski definition) is 0. The van der Waals surface area contributed by atoms with Gasteiger partial charge >= 0.3 is 0 Å². The molecule has 0 saturated carbocycles. The molecule has 7 heteroatoms. The Hall–Kier alpha value is -2.70. The lowest BCUT2D eigenvalue weighted by Gasteiger charge is -2.17. The van der Waals surface area contributed by atoms with Gasteiger partial charge in [0.15, 0.2) is 11.5 Å². The lowest BCUT2D eigenvalue weighted by Crippen LogP contribution is -2.27. The Labute approximate surface area is 191 Å². The SMILES string of the molecule is C=CCc1cc(/C=C2/SC(=O)N(CC)C2=O)cc(OCC)c1OCc1ccccc1Cl. The van der Waals surface area contributed by atoms with Crippen LogP contribution in [0.3, 0.4) is 0 Å². The first-order chi connectivity index (χ1) is 15.0. The second-order valence-corrected chi connectivity index (χ2v) is 8.14. The summed E-state index contributed by atoms with van der Waals surface area (Å²) in [6.07, 6.45) is 4.05. The van der Waals surface area contributed by atoms with Gasteiger partial charge in [-0.3, -0.25) is 14.5 Å². The monoisotopic (exact) mass is 457 g/mol. The predicted octanol–water partition coefficient (Wildman–Crippen LogP) is 6.10. The van der Waals surface area contributed by atoms with Crippen molar-refractivity contribution < 1.29 is 19.1 Å². The molecular weight excluding hydrogens is 434 g/mol. The Bertz CT molecular complexity index is 1030. The molecule has 2 aromatic rings. The van der Waals surface area contributed by atoms with Crippen molar-refractivity contribution >= 4 is 40.6 Å². The fraction of sp³-hybridized carbons (Fsp3) is 0.250. The van der Waals surface area contributed by atoms with E-state index in [0.29, 0.717) is 47.6 Å². The molecule has 0 radical (unpaired) electrons. The summed E-state index contributed by atoms with van der Waals surface area (Å²) in [5.41, 5.74) is 2.49. The molecule has 0 N–H and O–H groups in total. The van der Waals surface area contributed by atoms with E-state index in [-0.39, 0.29) is 11.1 Å². The van der Waals surface area contributed by atoms with Crippen LogP contribution in [0.25, 0.3) is 6.08 Å². The summed E-state index contributed by atoms with van der Waals surface area (Å²) in [7, 11) is 0. The van der Waals surface area contributed by atoms with E-state index in [1.54, 1.807) is 19.1 Å². The van der Waals surface area contributed by atoms with Crippen LogP contribution in [0.15, 0.2) is 54.0 Å². The van der Waals surface area contributed by atoms with Gasteiger partial charge in [0.1, 0.15) is 6.61 Å². The standard InChI is InChI=1S/C24H24ClNO4S/c1-4-9-17-12-16(14-21-23(27)26(5-2)24(28)31-21)13-20(29-6-3)22(17)30-15-18-10-7-8-11-19(18)25/h4,7-8,10-14H,1,5-6,9,15H2,2-3H3/b21-14+. The zero-order valence-corrected chi connectivity index (χ0v) is 19.1.